The molecule has 0 aliphatic carbocycles. The van der Waals surface area contributed by atoms with Gasteiger partial charge in [0.05, 0.1) is 16.6 Å². The highest BCUT2D eigenvalue weighted by molar-refractivity contribution is 6.32. The van der Waals surface area contributed by atoms with E-state index in [0.29, 0.717) is 0 Å². The second kappa shape index (κ2) is 6.66. The van der Waals surface area contributed by atoms with E-state index in [-0.39, 0.29) is 22.9 Å². The number of carbonyl (C=O) groups excluding carboxylic acids is 1. The number of ether oxygens (including phenoxy) is 1. The first-order valence-electron chi connectivity index (χ1n) is 5.64. The van der Waals surface area contributed by atoms with Crippen molar-refractivity contribution in [2.24, 2.45) is 0 Å². The van der Waals surface area contributed by atoms with Crippen LogP contribution in [0.1, 0.15) is 17.3 Å². The molecule has 1 amide bonds. The number of hydrogen-bond acceptors (Lipinski definition) is 3. The number of alkyl halides is 3. The van der Waals surface area contributed by atoms with Gasteiger partial charge in [-0.3, -0.25) is 4.79 Å². The third kappa shape index (κ3) is 5.14. The quantitative estimate of drug-likeness (QED) is 0.872. The first-order valence-corrected chi connectivity index (χ1v) is 6.02. The van der Waals surface area contributed by atoms with Gasteiger partial charge in [-0.05, 0) is 25.1 Å². The topological polar surface area (TPSA) is 75.6 Å². The minimum Gasteiger partial charge on any atom is -0.490 e. The highest BCUT2D eigenvalue weighted by atomic mass is 35.5. The summed E-state index contributed by atoms with van der Waals surface area (Å²) >= 11 is 5.78. The van der Waals surface area contributed by atoms with Crippen molar-refractivity contribution in [3.8, 4) is 5.75 Å². The zero-order chi connectivity index (χ0) is 16.2. The van der Waals surface area contributed by atoms with Crippen LogP contribution in [0.2, 0.25) is 5.02 Å². The van der Waals surface area contributed by atoms with Crippen LogP contribution in [0.3, 0.4) is 0 Å². The molecule has 0 radical (unpaired) electrons. The lowest BCUT2D eigenvalue weighted by Gasteiger charge is -2.16. The van der Waals surface area contributed by atoms with Crippen LogP contribution < -0.4 is 10.1 Å². The van der Waals surface area contributed by atoms with Gasteiger partial charge >= 0.3 is 18.1 Å². The van der Waals surface area contributed by atoms with Crippen LogP contribution in [0, 0.1) is 0 Å². The Morgan fingerprint density at radius 2 is 2.05 bits per heavy atom. The average Bonchev–Trinajstić information content (AvgIpc) is 2.36. The van der Waals surface area contributed by atoms with Gasteiger partial charge in [0.25, 0.3) is 0 Å². The Kier molecular flexibility index (Phi) is 5.42. The summed E-state index contributed by atoms with van der Waals surface area (Å²) in [6, 6.07) is 2.75. The minimum atomic E-state index is -4.98. The number of halogens is 4. The van der Waals surface area contributed by atoms with Crippen LogP contribution in [-0.4, -0.2) is 35.8 Å². The van der Waals surface area contributed by atoms with E-state index in [1.807, 2.05) is 0 Å². The van der Waals surface area contributed by atoms with Crippen LogP contribution >= 0.6 is 11.6 Å². The van der Waals surface area contributed by atoms with Crippen molar-refractivity contribution < 1.29 is 32.6 Å². The zero-order valence-corrected chi connectivity index (χ0v) is 11.5. The van der Waals surface area contributed by atoms with Crippen LogP contribution in [0.5, 0.6) is 5.75 Å². The maximum atomic E-state index is 12.0. The lowest BCUT2D eigenvalue weighted by Crippen LogP contribution is -2.44. The summed E-state index contributed by atoms with van der Waals surface area (Å²) in [5.41, 5.74) is -0.0821. The molecule has 0 aromatic heterocycles. The second-order valence-electron chi connectivity index (χ2n) is 4.13. The normalized spacial score (nSPS) is 12.6. The summed E-state index contributed by atoms with van der Waals surface area (Å²) in [6.45, 7) is 1.00. The molecule has 0 fully saturated rings. The molecule has 0 spiro atoms. The van der Waals surface area contributed by atoms with E-state index in [4.69, 9.17) is 21.4 Å². The van der Waals surface area contributed by atoms with Crippen LogP contribution in [-0.2, 0) is 4.79 Å². The molecule has 116 valence electrons. The fourth-order valence-corrected chi connectivity index (χ4v) is 1.48. The smallest absolute Gasteiger partial charge is 0.471 e. The lowest BCUT2D eigenvalue weighted by molar-refractivity contribution is -0.174. The largest absolute Gasteiger partial charge is 0.490 e. The third-order valence-electron chi connectivity index (χ3n) is 2.30. The zero-order valence-electron chi connectivity index (χ0n) is 10.7. The van der Waals surface area contributed by atoms with E-state index >= 15 is 0 Å². The van der Waals surface area contributed by atoms with E-state index in [1.54, 1.807) is 5.32 Å². The number of hydrogen-bond donors (Lipinski definition) is 2. The highest BCUT2D eigenvalue weighted by Gasteiger charge is 2.39. The molecule has 0 saturated heterocycles. The van der Waals surface area contributed by atoms with E-state index in [1.165, 1.54) is 19.1 Å². The molecular weight excluding hydrogens is 315 g/mol. The van der Waals surface area contributed by atoms with Gasteiger partial charge in [-0.25, -0.2) is 4.79 Å². The van der Waals surface area contributed by atoms with Crippen molar-refractivity contribution in [1.29, 1.82) is 0 Å². The number of carboxylic acid groups (broad SMARTS) is 1. The summed E-state index contributed by atoms with van der Waals surface area (Å²) < 4.78 is 41.2. The van der Waals surface area contributed by atoms with E-state index in [0.717, 1.165) is 6.07 Å². The van der Waals surface area contributed by atoms with Crippen molar-refractivity contribution >= 4 is 23.5 Å². The number of amides is 1. The third-order valence-corrected chi connectivity index (χ3v) is 2.61. The Labute approximate surface area is 122 Å². The molecule has 2 N–H and O–H groups in total. The molecule has 0 heterocycles. The number of aromatic carboxylic acids is 1. The fourth-order valence-electron chi connectivity index (χ4n) is 1.31. The molecule has 21 heavy (non-hydrogen) atoms. The van der Waals surface area contributed by atoms with Gasteiger partial charge in [0.1, 0.15) is 12.4 Å². The molecule has 1 rings (SSSR count). The Morgan fingerprint density at radius 1 is 1.43 bits per heavy atom. The molecular formula is C12H11ClF3NO4. The maximum Gasteiger partial charge on any atom is 0.471 e. The molecule has 0 aliphatic rings. The number of carboxylic acids is 1. The fraction of sp³-hybridized carbons (Fsp3) is 0.333. The summed E-state index contributed by atoms with van der Waals surface area (Å²) in [6.07, 6.45) is -4.98. The van der Waals surface area contributed by atoms with Crippen LogP contribution in [0.15, 0.2) is 18.2 Å². The SMILES string of the molecule is CC(COc1cc(C(=O)O)ccc1Cl)NC(=O)C(F)(F)F. The molecule has 5 nitrogen and oxygen atoms in total. The van der Waals surface area contributed by atoms with E-state index in [9.17, 15) is 22.8 Å². The average molecular weight is 326 g/mol. The molecule has 1 aromatic rings. The van der Waals surface area contributed by atoms with Gasteiger partial charge < -0.3 is 15.2 Å². The number of nitrogens with one attached hydrogen (secondary N) is 1. The molecule has 1 unspecified atom stereocenters. The Balaban J connectivity index is 2.65. The summed E-state index contributed by atoms with van der Waals surface area (Å²) in [5.74, 6) is -3.27. The van der Waals surface area contributed by atoms with E-state index < -0.39 is 24.1 Å². The summed E-state index contributed by atoms with van der Waals surface area (Å²) in [7, 11) is 0. The van der Waals surface area contributed by atoms with Crippen molar-refractivity contribution in [2.75, 3.05) is 6.61 Å². The molecule has 9 heteroatoms. The second-order valence-corrected chi connectivity index (χ2v) is 4.54. The number of benzene rings is 1. The first-order chi connectivity index (χ1) is 9.61. The molecule has 0 aliphatic heterocycles. The summed E-state index contributed by atoms with van der Waals surface area (Å²) in [5, 5.41) is 10.6. The number of carbonyl (C=O) groups is 2. The van der Waals surface area contributed by atoms with Crippen LogP contribution in [0.4, 0.5) is 13.2 Å². The van der Waals surface area contributed by atoms with Crippen molar-refractivity contribution in [2.45, 2.75) is 19.1 Å². The van der Waals surface area contributed by atoms with Crippen molar-refractivity contribution in [3.63, 3.8) is 0 Å². The molecule has 0 bridgehead atoms. The molecule has 1 atom stereocenters. The molecule has 0 saturated carbocycles. The standard InChI is InChI=1S/C12H11ClF3NO4/c1-6(17-11(20)12(14,15)16)5-21-9-4-7(10(18)19)2-3-8(9)13/h2-4,6H,5H2,1H3,(H,17,20)(H,18,19). The maximum absolute atomic E-state index is 12.0. The molecule has 1 aromatic carbocycles. The first kappa shape index (κ1) is 17.1. The minimum absolute atomic E-state index is 0.00433. The van der Waals surface area contributed by atoms with Gasteiger partial charge in [-0.2, -0.15) is 13.2 Å². The Bertz CT molecular complexity index is 548. The van der Waals surface area contributed by atoms with Gasteiger partial charge in [0, 0.05) is 0 Å². The van der Waals surface area contributed by atoms with Crippen molar-refractivity contribution in [3.05, 3.63) is 28.8 Å². The van der Waals surface area contributed by atoms with Crippen LogP contribution in [0.25, 0.3) is 0 Å². The Morgan fingerprint density at radius 3 is 2.57 bits per heavy atom. The monoisotopic (exact) mass is 325 g/mol. The predicted molar refractivity (Wildman–Crippen MR) is 67.6 cm³/mol. The van der Waals surface area contributed by atoms with Gasteiger partial charge in [0.15, 0.2) is 0 Å². The van der Waals surface area contributed by atoms with Gasteiger partial charge in [-0.1, -0.05) is 11.6 Å². The van der Waals surface area contributed by atoms with Gasteiger partial charge in [0.2, 0.25) is 0 Å². The van der Waals surface area contributed by atoms with Gasteiger partial charge in [-0.15, -0.1) is 0 Å². The van der Waals surface area contributed by atoms with Crippen molar-refractivity contribution in [1.82, 2.24) is 5.32 Å². The summed E-state index contributed by atoms with van der Waals surface area (Å²) in [4.78, 5) is 21.5. The Hall–Kier alpha value is -1.96. The highest BCUT2D eigenvalue weighted by Crippen LogP contribution is 2.25. The number of rotatable bonds is 5. The lowest BCUT2D eigenvalue weighted by atomic mass is 10.2. The predicted octanol–water partition coefficient (Wildman–Crippen LogP) is 2.48. The van der Waals surface area contributed by atoms with E-state index in [2.05, 4.69) is 0 Å².